The molecule has 0 heterocycles. The highest BCUT2D eigenvalue weighted by molar-refractivity contribution is 5.87. The molecule has 0 aliphatic heterocycles. The van der Waals surface area contributed by atoms with Crippen molar-refractivity contribution in [2.75, 3.05) is 37.9 Å². The van der Waals surface area contributed by atoms with E-state index in [0.717, 1.165) is 17.7 Å². The molecule has 0 bridgehead atoms. The Hall–Kier alpha value is -4.32. The van der Waals surface area contributed by atoms with Crippen LogP contribution in [0.2, 0.25) is 0 Å². The highest BCUT2D eigenvalue weighted by atomic mass is 19.4. The number of aryl methyl sites for hydroxylation is 1. The van der Waals surface area contributed by atoms with Crippen molar-refractivity contribution < 1.29 is 45.7 Å². The van der Waals surface area contributed by atoms with Crippen molar-refractivity contribution in [1.29, 1.82) is 0 Å². The van der Waals surface area contributed by atoms with Crippen molar-refractivity contribution in [2.24, 2.45) is 0 Å². The van der Waals surface area contributed by atoms with Crippen molar-refractivity contribution in [1.82, 2.24) is 0 Å². The number of hydrogen-bond acceptors (Lipinski definition) is 7. The minimum absolute atomic E-state index is 0.112. The highest BCUT2D eigenvalue weighted by Crippen LogP contribution is 2.32. The number of esters is 1. The van der Waals surface area contributed by atoms with E-state index >= 15 is 0 Å². The molecule has 41 heavy (non-hydrogen) atoms. The Morgan fingerprint density at radius 2 is 1.51 bits per heavy atom. The van der Waals surface area contributed by atoms with Crippen molar-refractivity contribution in [3.63, 3.8) is 0 Å². The van der Waals surface area contributed by atoms with Crippen LogP contribution in [0.15, 0.2) is 72.8 Å². The van der Waals surface area contributed by atoms with Gasteiger partial charge in [-0.15, -0.1) is 0 Å². The molecule has 0 unspecified atom stereocenters. The second kappa shape index (κ2) is 14.4. The summed E-state index contributed by atoms with van der Waals surface area (Å²) in [5, 5.41) is 0. The Bertz CT molecular complexity index is 1300. The predicted octanol–water partition coefficient (Wildman–Crippen LogP) is 6.13. The van der Waals surface area contributed by atoms with Crippen LogP contribution in [0.25, 0.3) is 6.08 Å². The topological polar surface area (TPSA) is 106 Å². The van der Waals surface area contributed by atoms with Gasteiger partial charge in [-0.25, -0.2) is 4.79 Å². The first-order valence-electron chi connectivity index (χ1n) is 12.4. The third-order valence-electron chi connectivity index (χ3n) is 5.50. The van der Waals surface area contributed by atoms with Crippen LogP contribution in [0, 0.1) is 0 Å². The quantitative estimate of drug-likeness (QED) is 0.0777. The van der Waals surface area contributed by atoms with Crippen LogP contribution in [0.4, 0.5) is 33.3 Å². The summed E-state index contributed by atoms with van der Waals surface area (Å²) in [4.78, 5) is 12.0. The van der Waals surface area contributed by atoms with Crippen molar-refractivity contribution in [3.8, 4) is 11.5 Å². The summed E-state index contributed by atoms with van der Waals surface area (Å²) in [6, 6.07) is 15.6. The molecule has 0 fully saturated rings. The maximum absolute atomic E-state index is 14.6. The van der Waals surface area contributed by atoms with E-state index < -0.39 is 30.4 Å². The zero-order valence-corrected chi connectivity index (χ0v) is 21.8. The summed E-state index contributed by atoms with van der Waals surface area (Å²) in [5.41, 5.74) is 13.8. The third kappa shape index (κ3) is 11.0. The van der Waals surface area contributed by atoms with Crippen LogP contribution >= 0.6 is 0 Å². The third-order valence-corrected chi connectivity index (χ3v) is 5.50. The number of halogens is 5. The molecule has 3 aromatic rings. The molecule has 0 amide bonds. The van der Waals surface area contributed by atoms with Crippen LogP contribution in [-0.4, -0.2) is 38.6 Å². The number of carbonyl (C=O) groups excluding carboxylic acids is 1. The maximum atomic E-state index is 14.6. The number of hydrogen-bond donors (Lipinski definition) is 2. The molecule has 12 heteroatoms. The second-order valence-electron chi connectivity index (χ2n) is 8.79. The molecule has 7 nitrogen and oxygen atoms in total. The fraction of sp³-hybridized carbons (Fsp3) is 0.276. The number of rotatable bonds is 14. The van der Waals surface area contributed by atoms with E-state index in [1.54, 1.807) is 12.1 Å². The molecule has 0 radical (unpaired) electrons. The Balaban J connectivity index is 1.41. The fourth-order valence-corrected chi connectivity index (χ4v) is 3.49. The maximum Gasteiger partial charge on any atom is 0.426 e. The molecular weight excluding hydrogens is 551 g/mol. The molecule has 0 aliphatic carbocycles. The normalized spacial score (nSPS) is 11.9. The molecule has 0 saturated carbocycles. The monoisotopic (exact) mass is 580 g/mol. The lowest BCUT2D eigenvalue weighted by molar-refractivity contribution is -0.185. The number of ether oxygens (including phenoxy) is 4. The summed E-state index contributed by atoms with van der Waals surface area (Å²) >= 11 is 0. The first kappa shape index (κ1) is 31.2. The molecule has 0 saturated heterocycles. The van der Waals surface area contributed by atoms with E-state index in [2.05, 4.69) is 4.74 Å². The second-order valence-corrected chi connectivity index (χ2v) is 8.79. The standard InChI is InChI=1S/C29H29F5N2O5/c30-28(31,32)19-38-16-17-39-24-12-7-22(8-13-24)29(33,34)41-25-10-3-20(4-11-25)5-14-27(37)40-15-1-2-21-6-9-23(35)18-26(21)36/h3-14,18H,1-2,15-17,19,35-36H2/b14-5+. The van der Waals surface area contributed by atoms with Gasteiger partial charge in [0.2, 0.25) is 0 Å². The molecule has 3 rings (SSSR count). The number of benzene rings is 3. The molecule has 0 aromatic heterocycles. The van der Waals surface area contributed by atoms with E-state index in [1.165, 1.54) is 48.6 Å². The summed E-state index contributed by atoms with van der Waals surface area (Å²) in [5.74, 6) is -0.483. The van der Waals surface area contributed by atoms with Crippen molar-refractivity contribution >= 4 is 23.4 Å². The van der Waals surface area contributed by atoms with Gasteiger partial charge in [0.1, 0.15) is 24.7 Å². The Morgan fingerprint density at radius 3 is 2.17 bits per heavy atom. The van der Waals surface area contributed by atoms with Crippen LogP contribution in [0.5, 0.6) is 11.5 Å². The number of carbonyl (C=O) groups is 1. The van der Waals surface area contributed by atoms with E-state index in [0.29, 0.717) is 29.8 Å². The predicted molar refractivity (Wildman–Crippen MR) is 143 cm³/mol. The van der Waals surface area contributed by atoms with Gasteiger partial charge >= 0.3 is 18.3 Å². The van der Waals surface area contributed by atoms with E-state index in [9.17, 15) is 26.7 Å². The van der Waals surface area contributed by atoms with Crippen LogP contribution in [-0.2, 0) is 26.8 Å². The number of anilines is 2. The zero-order valence-electron chi connectivity index (χ0n) is 21.8. The largest absolute Gasteiger partial charge is 0.491 e. The molecule has 0 atom stereocenters. The van der Waals surface area contributed by atoms with Crippen molar-refractivity contribution in [3.05, 3.63) is 89.5 Å². The summed E-state index contributed by atoms with van der Waals surface area (Å²) in [7, 11) is 0. The SMILES string of the molecule is Nc1ccc(CCCOC(=O)/C=C/c2ccc(OC(F)(F)c3ccc(OCCOCC(F)(F)F)cc3)cc2)c(N)c1. The van der Waals surface area contributed by atoms with Gasteiger partial charge in [-0.05, 0) is 78.6 Å². The van der Waals surface area contributed by atoms with E-state index in [1.807, 2.05) is 6.07 Å². The van der Waals surface area contributed by atoms with Gasteiger partial charge in [0.25, 0.3) is 0 Å². The zero-order chi connectivity index (χ0) is 29.9. The molecular formula is C29H29F5N2O5. The van der Waals surface area contributed by atoms with Gasteiger partial charge in [-0.1, -0.05) is 18.2 Å². The van der Waals surface area contributed by atoms with Gasteiger partial charge < -0.3 is 30.4 Å². The Labute approximate surface area is 233 Å². The van der Waals surface area contributed by atoms with E-state index in [4.69, 9.17) is 25.7 Å². The average Bonchev–Trinajstić information content (AvgIpc) is 2.91. The number of nitrogens with two attached hydrogens (primary N) is 2. The Morgan fingerprint density at radius 1 is 0.829 bits per heavy atom. The van der Waals surface area contributed by atoms with Crippen LogP contribution in [0.1, 0.15) is 23.1 Å². The summed E-state index contributed by atoms with van der Waals surface area (Å²) < 4.78 is 84.9. The lowest BCUT2D eigenvalue weighted by Crippen LogP contribution is -2.21. The van der Waals surface area contributed by atoms with Crippen LogP contribution < -0.4 is 20.9 Å². The number of alkyl halides is 5. The Kier molecular flexibility index (Phi) is 10.9. The molecule has 4 N–H and O–H groups in total. The fourth-order valence-electron chi connectivity index (χ4n) is 3.49. The molecule has 0 spiro atoms. The van der Waals surface area contributed by atoms with E-state index in [-0.39, 0.29) is 31.3 Å². The van der Waals surface area contributed by atoms with Gasteiger partial charge in [-0.3, -0.25) is 0 Å². The van der Waals surface area contributed by atoms with Gasteiger partial charge in [0.05, 0.1) is 18.8 Å². The first-order valence-corrected chi connectivity index (χ1v) is 12.4. The smallest absolute Gasteiger partial charge is 0.426 e. The summed E-state index contributed by atoms with van der Waals surface area (Å²) in [6.07, 6.45) is -4.20. The molecule has 220 valence electrons. The average molecular weight is 581 g/mol. The van der Waals surface area contributed by atoms with Crippen molar-refractivity contribution in [2.45, 2.75) is 25.1 Å². The highest BCUT2D eigenvalue weighted by Gasteiger charge is 2.34. The van der Waals surface area contributed by atoms with Crippen LogP contribution in [0.3, 0.4) is 0 Å². The molecule has 3 aromatic carbocycles. The lowest BCUT2D eigenvalue weighted by atomic mass is 10.1. The minimum Gasteiger partial charge on any atom is -0.491 e. The lowest BCUT2D eigenvalue weighted by Gasteiger charge is -2.18. The van der Waals surface area contributed by atoms with Gasteiger partial charge in [0.15, 0.2) is 0 Å². The molecule has 0 aliphatic rings. The van der Waals surface area contributed by atoms with Gasteiger partial charge in [-0.2, -0.15) is 22.0 Å². The van der Waals surface area contributed by atoms with Gasteiger partial charge in [0, 0.05) is 17.5 Å². The first-order chi connectivity index (χ1) is 19.4. The summed E-state index contributed by atoms with van der Waals surface area (Å²) in [6.45, 7) is -1.70. The minimum atomic E-state index is -4.44. The number of nitrogen functional groups attached to an aromatic ring is 2.